The van der Waals surface area contributed by atoms with Gasteiger partial charge in [-0.3, -0.25) is 4.90 Å². The molecule has 0 aromatic heterocycles. The molecular weight excluding hydrogens is 248 g/mol. The first-order valence-corrected chi connectivity index (χ1v) is 7.73. The molecule has 1 aliphatic carbocycles. The van der Waals surface area contributed by atoms with Gasteiger partial charge in [-0.2, -0.15) is 0 Å². The van der Waals surface area contributed by atoms with Crippen molar-refractivity contribution in [1.82, 2.24) is 10.2 Å². The van der Waals surface area contributed by atoms with Crippen LogP contribution in [0.2, 0.25) is 0 Å². The lowest BCUT2D eigenvalue weighted by Crippen LogP contribution is -2.62. The maximum absolute atomic E-state index is 5.33. The van der Waals surface area contributed by atoms with E-state index in [1.807, 2.05) is 6.07 Å². The molecule has 2 unspecified atom stereocenters. The third-order valence-corrected chi connectivity index (χ3v) is 4.95. The first kappa shape index (κ1) is 13.9. The zero-order chi connectivity index (χ0) is 14.2. The summed E-state index contributed by atoms with van der Waals surface area (Å²) in [6, 6.07) is 9.04. The SMILES string of the molecule is COc1cccc(CN2CC(C)(C3CC3)NCC2C)c1. The van der Waals surface area contributed by atoms with E-state index in [1.54, 1.807) is 7.11 Å². The summed E-state index contributed by atoms with van der Waals surface area (Å²) in [6.45, 7) is 7.98. The Bertz CT molecular complexity index is 472. The van der Waals surface area contributed by atoms with Crippen LogP contribution in [-0.4, -0.2) is 36.7 Å². The van der Waals surface area contributed by atoms with E-state index >= 15 is 0 Å². The third-order valence-electron chi connectivity index (χ3n) is 4.95. The van der Waals surface area contributed by atoms with Crippen LogP contribution in [0, 0.1) is 5.92 Å². The van der Waals surface area contributed by atoms with Crippen LogP contribution in [0.5, 0.6) is 5.75 Å². The molecule has 1 aromatic rings. The lowest BCUT2D eigenvalue weighted by Gasteiger charge is -2.45. The van der Waals surface area contributed by atoms with Gasteiger partial charge in [0.25, 0.3) is 0 Å². The molecule has 2 fully saturated rings. The van der Waals surface area contributed by atoms with Crippen LogP contribution in [0.1, 0.15) is 32.3 Å². The maximum Gasteiger partial charge on any atom is 0.119 e. The fourth-order valence-corrected chi connectivity index (χ4v) is 3.35. The van der Waals surface area contributed by atoms with Crippen molar-refractivity contribution in [3.63, 3.8) is 0 Å². The predicted molar refractivity (Wildman–Crippen MR) is 82.0 cm³/mol. The number of hydrogen-bond donors (Lipinski definition) is 1. The van der Waals surface area contributed by atoms with Crippen molar-refractivity contribution in [2.75, 3.05) is 20.2 Å². The lowest BCUT2D eigenvalue weighted by molar-refractivity contribution is 0.0770. The van der Waals surface area contributed by atoms with E-state index in [1.165, 1.54) is 18.4 Å². The number of piperazine rings is 1. The Labute approximate surface area is 122 Å². The number of methoxy groups -OCH3 is 1. The van der Waals surface area contributed by atoms with Crippen LogP contribution >= 0.6 is 0 Å². The minimum Gasteiger partial charge on any atom is -0.497 e. The Balaban J connectivity index is 1.70. The van der Waals surface area contributed by atoms with Crippen molar-refractivity contribution in [2.45, 2.75) is 44.8 Å². The van der Waals surface area contributed by atoms with Crippen molar-refractivity contribution in [1.29, 1.82) is 0 Å². The van der Waals surface area contributed by atoms with Gasteiger partial charge in [0, 0.05) is 31.2 Å². The summed E-state index contributed by atoms with van der Waals surface area (Å²) in [5, 5.41) is 3.78. The summed E-state index contributed by atoms with van der Waals surface area (Å²) in [4.78, 5) is 2.61. The molecule has 20 heavy (non-hydrogen) atoms. The van der Waals surface area contributed by atoms with Crippen LogP contribution in [0.4, 0.5) is 0 Å². The molecule has 1 N–H and O–H groups in total. The molecule has 0 bridgehead atoms. The number of nitrogens with zero attached hydrogens (tertiary/aromatic N) is 1. The van der Waals surface area contributed by atoms with Gasteiger partial charge in [0.1, 0.15) is 5.75 Å². The van der Waals surface area contributed by atoms with Crippen molar-refractivity contribution in [2.24, 2.45) is 5.92 Å². The third kappa shape index (κ3) is 2.84. The zero-order valence-corrected chi connectivity index (χ0v) is 12.9. The standard InChI is InChI=1S/C17H26N2O/c1-13-10-18-17(2,15-7-8-15)12-19(13)11-14-5-4-6-16(9-14)20-3/h4-6,9,13,15,18H,7-8,10-12H2,1-3H3. The van der Waals surface area contributed by atoms with Gasteiger partial charge in [-0.25, -0.2) is 0 Å². The molecular formula is C17H26N2O. The molecule has 0 amide bonds. The molecule has 2 aliphatic rings. The van der Waals surface area contributed by atoms with E-state index in [4.69, 9.17) is 4.74 Å². The van der Waals surface area contributed by atoms with Gasteiger partial charge in [0.2, 0.25) is 0 Å². The maximum atomic E-state index is 5.33. The van der Waals surface area contributed by atoms with Gasteiger partial charge < -0.3 is 10.1 Å². The number of ether oxygens (including phenoxy) is 1. The summed E-state index contributed by atoms with van der Waals surface area (Å²) in [5.74, 6) is 1.83. The molecule has 2 atom stereocenters. The summed E-state index contributed by atoms with van der Waals surface area (Å²) < 4.78 is 5.33. The molecule has 0 spiro atoms. The smallest absolute Gasteiger partial charge is 0.119 e. The van der Waals surface area contributed by atoms with Gasteiger partial charge in [0.15, 0.2) is 0 Å². The number of benzene rings is 1. The van der Waals surface area contributed by atoms with Gasteiger partial charge in [0.05, 0.1) is 7.11 Å². The summed E-state index contributed by atoms with van der Waals surface area (Å²) in [6.07, 6.45) is 2.79. The first-order valence-electron chi connectivity index (χ1n) is 7.73. The molecule has 3 heteroatoms. The fourth-order valence-electron chi connectivity index (χ4n) is 3.35. The summed E-state index contributed by atoms with van der Waals surface area (Å²) in [7, 11) is 1.73. The average molecular weight is 274 g/mol. The molecule has 1 saturated heterocycles. The normalized spacial score (nSPS) is 31.2. The second-order valence-corrected chi connectivity index (χ2v) is 6.68. The molecule has 1 heterocycles. The molecule has 1 aliphatic heterocycles. The van der Waals surface area contributed by atoms with E-state index in [-0.39, 0.29) is 0 Å². The van der Waals surface area contributed by atoms with E-state index < -0.39 is 0 Å². The monoisotopic (exact) mass is 274 g/mol. The van der Waals surface area contributed by atoms with E-state index in [2.05, 4.69) is 42.3 Å². The van der Waals surface area contributed by atoms with Crippen LogP contribution in [0.25, 0.3) is 0 Å². The van der Waals surface area contributed by atoms with Gasteiger partial charge in [-0.1, -0.05) is 12.1 Å². The summed E-state index contributed by atoms with van der Waals surface area (Å²) >= 11 is 0. The van der Waals surface area contributed by atoms with Crippen molar-refractivity contribution >= 4 is 0 Å². The van der Waals surface area contributed by atoms with Crippen LogP contribution in [0.15, 0.2) is 24.3 Å². The molecule has 1 aromatic carbocycles. The van der Waals surface area contributed by atoms with Crippen LogP contribution in [0.3, 0.4) is 0 Å². The number of nitrogens with one attached hydrogen (secondary N) is 1. The summed E-state index contributed by atoms with van der Waals surface area (Å²) in [5.41, 5.74) is 1.65. The highest BCUT2D eigenvalue weighted by Crippen LogP contribution is 2.41. The zero-order valence-electron chi connectivity index (χ0n) is 12.9. The number of hydrogen-bond acceptors (Lipinski definition) is 3. The van der Waals surface area contributed by atoms with Gasteiger partial charge in [-0.15, -0.1) is 0 Å². The second-order valence-electron chi connectivity index (χ2n) is 6.68. The fraction of sp³-hybridized carbons (Fsp3) is 0.647. The van der Waals surface area contributed by atoms with E-state index in [9.17, 15) is 0 Å². The Morgan fingerprint density at radius 1 is 1.40 bits per heavy atom. The van der Waals surface area contributed by atoms with Crippen LogP contribution in [-0.2, 0) is 6.54 Å². The van der Waals surface area contributed by atoms with E-state index in [0.29, 0.717) is 11.6 Å². The minimum absolute atomic E-state index is 0.311. The van der Waals surface area contributed by atoms with E-state index in [0.717, 1.165) is 31.3 Å². The molecule has 3 nitrogen and oxygen atoms in total. The van der Waals surface area contributed by atoms with Gasteiger partial charge >= 0.3 is 0 Å². The highest BCUT2D eigenvalue weighted by Gasteiger charge is 2.45. The Hall–Kier alpha value is -1.06. The van der Waals surface area contributed by atoms with Crippen molar-refractivity contribution in [3.8, 4) is 5.75 Å². The largest absolute Gasteiger partial charge is 0.497 e. The molecule has 110 valence electrons. The second kappa shape index (κ2) is 5.38. The Morgan fingerprint density at radius 3 is 2.90 bits per heavy atom. The number of rotatable bonds is 4. The molecule has 0 radical (unpaired) electrons. The quantitative estimate of drug-likeness (QED) is 0.913. The molecule has 3 rings (SSSR count). The van der Waals surface area contributed by atoms with Gasteiger partial charge in [-0.05, 0) is 50.3 Å². The van der Waals surface area contributed by atoms with Crippen LogP contribution < -0.4 is 10.1 Å². The minimum atomic E-state index is 0.311. The first-order chi connectivity index (χ1) is 9.60. The average Bonchev–Trinajstić information content (AvgIpc) is 3.28. The Kier molecular flexibility index (Phi) is 3.74. The molecule has 1 saturated carbocycles. The van der Waals surface area contributed by atoms with Crippen molar-refractivity contribution in [3.05, 3.63) is 29.8 Å². The highest BCUT2D eigenvalue weighted by atomic mass is 16.5. The van der Waals surface area contributed by atoms with Crippen molar-refractivity contribution < 1.29 is 4.74 Å². The Morgan fingerprint density at radius 2 is 2.20 bits per heavy atom. The topological polar surface area (TPSA) is 24.5 Å². The highest BCUT2D eigenvalue weighted by molar-refractivity contribution is 5.28. The predicted octanol–water partition coefficient (Wildman–Crippen LogP) is 2.66. The lowest BCUT2D eigenvalue weighted by atomic mass is 9.91.